The van der Waals surface area contributed by atoms with E-state index < -0.39 is 0 Å². The highest BCUT2D eigenvalue weighted by Crippen LogP contribution is 2.18. The topological polar surface area (TPSA) is 69.2 Å². The summed E-state index contributed by atoms with van der Waals surface area (Å²) in [4.78, 5) is 8.92. The number of amidine groups is 1. The lowest BCUT2D eigenvalue weighted by molar-refractivity contribution is 0.314. The van der Waals surface area contributed by atoms with E-state index in [1.807, 2.05) is 12.1 Å². The summed E-state index contributed by atoms with van der Waals surface area (Å²) in [6, 6.07) is 4.38. The van der Waals surface area contributed by atoms with E-state index in [-0.39, 0.29) is 5.84 Å². The number of nitrogen functional groups attached to an aromatic ring is 1. The Morgan fingerprint density at radius 1 is 1.61 bits per heavy atom. The van der Waals surface area contributed by atoms with Gasteiger partial charge in [0.1, 0.15) is 11.7 Å². The molecule has 1 atom stereocenters. The van der Waals surface area contributed by atoms with Gasteiger partial charge in [0.2, 0.25) is 0 Å². The molecule has 2 heterocycles. The number of likely N-dealkylation sites (N-methyl/N-ethyl adjacent to an activating group) is 2. The van der Waals surface area contributed by atoms with Gasteiger partial charge in [-0.05, 0) is 38.6 Å². The van der Waals surface area contributed by atoms with Crippen molar-refractivity contribution in [2.75, 3.05) is 32.1 Å². The summed E-state index contributed by atoms with van der Waals surface area (Å²) in [5.74, 6) is 0.993. The molecule has 0 aromatic carbocycles. The number of rotatable bonds is 4. The summed E-state index contributed by atoms with van der Waals surface area (Å²) in [7, 11) is 4.24. The third kappa shape index (κ3) is 2.79. The number of hydrogen-bond acceptors (Lipinski definition) is 4. The Kier molecular flexibility index (Phi) is 3.81. The molecular formula is C13H21N5. The molecule has 1 fully saturated rings. The Hall–Kier alpha value is -1.62. The van der Waals surface area contributed by atoms with Gasteiger partial charge in [-0.2, -0.15) is 0 Å². The average molecular weight is 247 g/mol. The van der Waals surface area contributed by atoms with Crippen LogP contribution >= 0.6 is 0 Å². The predicted molar refractivity (Wildman–Crippen MR) is 74.2 cm³/mol. The van der Waals surface area contributed by atoms with Crippen LogP contribution in [-0.4, -0.2) is 48.9 Å². The van der Waals surface area contributed by atoms with E-state index in [1.165, 1.54) is 19.4 Å². The highest BCUT2D eigenvalue weighted by molar-refractivity contribution is 5.94. The first-order chi connectivity index (χ1) is 8.58. The van der Waals surface area contributed by atoms with E-state index in [9.17, 15) is 0 Å². The molecule has 0 radical (unpaired) electrons. The van der Waals surface area contributed by atoms with Crippen molar-refractivity contribution in [3.63, 3.8) is 0 Å². The second kappa shape index (κ2) is 5.35. The predicted octanol–water partition coefficient (Wildman–Crippen LogP) is 0.896. The maximum Gasteiger partial charge on any atom is 0.128 e. The van der Waals surface area contributed by atoms with Gasteiger partial charge in [0.15, 0.2) is 0 Å². The normalized spacial score (nSPS) is 20.0. The summed E-state index contributed by atoms with van der Waals surface area (Å²) in [6.07, 6.45) is 4.20. The lowest BCUT2D eigenvalue weighted by atomic mass is 10.2. The SMILES string of the molecule is CN(CC1CCCN1C)c1ccc(C(=N)N)cn1. The van der Waals surface area contributed by atoms with Crippen molar-refractivity contribution in [1.82, 2.24) is 9.88 Å². The number of nitrogens with two attached hydrogens (primary N) is 1. The lowest BCUT2D eigenvalue weighted by Gasteiger charge is -2.26. The van der Waals surface area contributed by atoms with Gasteiger partial charge < -0.3 is 15.5 Å². The molecule has 0 spiro atoms. The molecule has 5 heteroatoms. The van der Waals surface area contributed by atoms with Crippen LogP contribution in [0.15, 0.2) is 18.3 Å². The molecule has 2 rings (SSSR count). The van der Waals surface area contributed by atoms with E-state index >= 15 is 0 Å². The van der Waals surface area contributed by atoms with Crippen molar-refractivity contribution >= 4 is 11.7 Å². The van der Waals surface area contributed by atoms with E-state index in [1.54, 1.807) is 6.20 Å². The molecule has 18 heavy (non-hydrogen) atoms. The monoisotopic (exact) mass is 247 g/mol. The van der Waals surface area contributed by atoms with Gasteiger partial charge in [0.25, 0.3) is 0 Å². The molecule has 0 aliphatic carbocycles. The highest BCUT2D eigenvalue weighted by Gasteiger charge is 2.22. The van der Waals surface area contributed by atoms with Gasteiger partial charge in [0, 0.05) is 31.4 Å². The second-order valence-corrected chi connectivity index (χ2v) is 4.98. The third-order valence-corrected chi connectivity index (χ3v) is 3.61. The summed E-state index contributed by atoms with van der Waals surface area (Å²) in [5, 5.41) is 7.34. The first kappa shape index (κ1) is 12.8. The Labute approximate surface area is 108 Å². The van der Waals surface area contributed by atoms with Crippen molar-refractivity contribution in [3.05, 3.63) is 23.9 Å². The Bertz CT molecular complexity index is 414. The maximum absolute atomic E-state index is 7.34. The first-order valence-corrected chi connectivity index (χ1v) is 6.30. The maximum atomic E-state index is 7.34. The number of aromatic nitrogens is 1. The van der Waals surface area contributed by atoms with Crippen LogP contribution in [0.5, 0.6) is 0 Å². The molecule has 3 N–H and O–H groups in total. The average Bonchev–Trinajstić information content (AvgIpc) is 2.75. The van der Waals surface area contributed by atoms with E-state index in [4.69, 9.17) is 11.1 Å². The van der Waals surface area contributed by atoms with Crippen LogP contribution in [0, 0.1) is 5.41 Å². The molecule has 1 aromatic rings. The summed E-state index contributed by atoms with van der Waals surface area (Å²) in [5.41, 5.74) is 6.08. The van der Waals surface area contributed by atoms with Gasteiger partial charge in [-0.1, -0.05) is 0 Å². The first-order valence-electron chi connectivity index (χ1n) is 6.30. The number of nitrogens with one attached hydrogen (secondary N) is 1. The molecule has 0 saturated carbocycles. The fourth-order valence-electron chi connectivity index (χ4n) is 2.39. The summed E-state index contributed by atoms with van der Waals surface area (Å²) < 4.78 is 0. The molecule has 5 nitrogen and oxygen atoms in total. The molecule has 98 valence electrons. The fraction of sp³-hybridized carbons (Fsp3) is 0.538. The van der Waals surface area contributed by atoms with Crippen LogP contribution < -0.4 is 10.6 Å². The highest BCUT2D eigenvalue weighted by atomic mass is 15.2. The Balaban J connectivity index is 2.00. The molecule has 1 saturated heterocycles. The number of hydrogen-bond donors (Lipinski definition) is 2. The van der Waals surface area contributed by atoms with Crippen molar-refractivity contribution < 1.29 is 0 Å². The second-order valence-electron chi connectivity index (χ2n) is 4.98. The molecule has 1 aliphatic heterocycles. The van der Waals surface area contributed by atoms with Gasteiger partial charge >= 0.3 is 0 Å². The molecule has 1 unspecified atom stereocenters. The molecular weight excluding hydrogens is 226 g/mol. The number of likely N-dealkylation sites (tertiary alicyclic amines) is 1. The summed E-state index contributed by atoms with van der Waals surface area (Å²) in [6.45, 7) is 2.18. The molecule has 1 aliphatic rings. The van der Waals surface area contributed by atoms with E-state index in [0.29, 0.717) is 11.6 Å². The zero-order valence-electron chi connectivity index (χ0n) is 11.1. The minimum absolute atomic E-state index is 0.0622. The molecule has 0 bridgehead atoms. The summed E-state index contributed by atoms with van der Waals surface area (Å²) >= 11 is 0. The Morgan fingerprint density at radius 2 is 2.39 bits per heavy atom. The zero-order valence-corrected chi connectivity index (χ0v) is 11.1. The standard InChI is InChI=1S/C13H21N5/c1-17-7-3-4-11(17)9-18(2)12-6-5-10(8-16-12)13(14)15/h5-6,8,11H,3-4,7,9H2,1-2H3,(H3,14,15). The van der Waals surface area contributed by atoms with Crippen molar-refractivity contribution in [2.45, 2.75) is 18.9 Å². The van der Waals surface area contributed by atoms with Crippen LogP contribution in [0.4, 0.5) is 5.82 Å². The Morgan fingerprint density at radius 3 is 2.89 bits per heavy atom. The van der Waals surface area contributed by atoms with Crippen molar-refractivity contribution in [2.24, 2.45) is 5.73 Å². The fourth-order valence-corrected chi connectivity index (χ4v) is 2.39. The van der Waals surface area contributed by atoms with E-state index in [2.05, 4.69) is 28.9 Å². The van der Waals surface area contributed by atoms with Gasteiger partial charge in [-0.15, -0.1) is 0 Å². The molecule has 0 amide bonds. The van der Waals surface area contributed by atoms with Crippen LogP contribution in [-0.2, 0) is 0 Å². The quantitative estimate of drug-likeness (QED) is 0.612. The van der Waals surface area contributed by atoms with E-state index in [0.717, 1.165) is 12.4 Å². The molecule has 1 aromatic heterocycles. The minimum atomic E-state index is 0.0622. The van der Waals surface area contributed by atoms with Crippen molar-refractivity contribution in [1.29, 1.82) is 5.41 Å². The van der Waals surface area contributed by atoms with Crippen LogP contribution in [0.2, 0.25) is 0 Å². The number of pyridine rings is 1. The van der Waals surface area contributed by atoms with Crippen molar-refractivity contribution in [3.8, 4) is 0 Å². The smallest absolute Gasteiger partial charge is 0.128 e. The van der Waals surface area contributed by atoms with Gasteiger partial charge in [-0.25, -0.2) is 4.98 Å². The van der Waals surface area contributed by atoms with Crippen LogP contribution in [0.1, 0.15) is 18.4 Å². The largest absolute Gasteiger partial charge is 0.384 e. The minimum Gasteiger partial charge on any atom is -0.384 e. The number of anilines is 1. The van der Waals surface area contributed by atoms with Gasteiger partial charge in [-0.3, -0.25) is 5.41 Å². The van der Waals surface area contributed by atoms with Gasteiger partial charge in [0.05, 0.1) is 0 Å². The third-order valence-electron chi connectivity index (χ3n) is 3.61. The number of nitrogens with zero attached hydrogens (tertiary/aromatic N) is 3. The van der Waals surface area contributed by atoms with Crippen LogP contribution in [0.3, 0.4) is 0 Å². The zero-order chi connectivity index (χ0) is 13.1. The lowest BCUT2D eigenvalue weighted by Crippen LogP contribution is -2.37. The van der Waals surface area contributed by atoms with Crippen LogP contribution in [0.25, 0.3) is 0 Å².